The Bertz CT molecular complexity index is 968. The van der Waals surface area contributed by atoms with Crippen molar-refractivity contribution in [1.29, 1.82) is 0 Å². The van der Waals surface area contributed by atoms with Gasteiger partial charge in [-0.15, -0.1) is 11.8 Å². The SMILES string of the molecule is Cc1noc(CSc2ccc(C(=O)N3CCCc4c(N)cccc43)cc2)n1. The molecule has 0 atom stereocenters. The lowest BCUT2D eigenvalue weighted by molar-refractivity contribution is 0.0985. The molecule has 0 saturated carbocycles. The van der Waals surface area contributed by atoms with E-state index in [2.05, 4.69) is 10.1 Å². The Morgan fingerprint density at radius 3 is 2.81 bits per heavy atom. The number of amides is 1. The van der Waals surface area contributed by atoms with Crippen LogP contribution in [0, 0.1) is 6.92 Å². The van der Waals surface area contributed by atoms with Crippen molar-refractivity contribution in [2.24, 2.45) is 0 Å². The standard InChI is InChI=1S/C20H20N4O2S/c1-13-22-19(26-23-13)12-27-15-9-7-14(8-10-15)20(25)24-11-3-4-16-17(21)5-2-6-18(16)24/h2,5-10H,3-4,11-12,21H2,1H3. The minimum absolute atomic E-state index is 0.00521. The van der Waals surface area contributed by atoms with E-state index < -0.39 is 0 Å². The Kier molecular flexibility index (Phi) is 4.85. The fourth-order valence-corrected chi connectivity index (χ4v) is 3.99. The maximum absolute atomic E-state index is 13.0. The molecule has 3 aromatic rings. The minimum atomic E-state index is 0.00521. The highest BCUT2D eigenvalue weighted by molar-refractivity contribution is 7.98. The number of thioether (sulfide) groups is 1. The first-order valence-corrected chi connectivity index (χ1v) is 9.81. The Morgan fingerprint density at radius 1 is 1.26 bits per heavy atom. The van der Waals surface area contributed by atoms with Crippen LogP contribution in [0.2, 0.25) is 0 Å². The largest absolute Gasteiger partial charge is 0.398 e. The van der Waals surface area contributed by atoms with E-state index in [9.17, 15) is 4.79 Å². The van der Waals surface area contributed by atoms with E-state index in [4.69, 9.17) is 10.3 Å². The van der Waals surface area contributed by atoms with Gasteiger partial charge in [-0.2, -0.15) is 4.98 Å². The van der Waals surface area contributed by atoms with Gasteiger partial charge in [-0.05, 0) is 61.7 Å². The molecule has 1 aliphatic rings. The van der Waals surface area contributed by atoms with Gasteiger partial charge in [0.25, 0.3) is 5.91 Å². The summed E-state index contributed by atoms with van der Waals surface area (Å²) in [5.41, 5.74) is 9.51. The van der Waals surface area contributed by atoms with Crippen molar-refractivity contribution < 1.29 is 9.32 Å². The van der Waals surface area contributed by atoms with Crippen molar-refractivity contribution in [3.8, 4) is 0 Å². The summed E-state index contributed by atoms with van der Waals surface area (Å²) in [5.74, 6) is 1.84. The highest BCUT2D eigenvalue weighted by Crippen LogP contribution is 2.32. The summed E-state index contributed by atoms with van der Waals surface area (Å²) in [6, 6.07) is 13.4. The highest BCUT2D eigenvalue weighted by Gasteiger charge is 2.24. The first-order valence-electron chi connectivity index (χ1n) is 8.83. The number of fused-ring (bicyclic) bond motifs is 1. The van der Waals surface area contributed by atoms with Gasteiger partial charge in [-0.25, -0.2) is 0 Å². The van der Waals surface area contributed by atoms with Crippen molar-refractivity contribution in [2.75, 3.05) is 17.2 Å². The predicted molar refractivity (Wildman–Crippen MR) is 106 cm³/mol. The number of carbonyl (C=O) groups is 1. The average molecular weight is 380 g/mol. The average Bonchev–Trinajstić information content (AvgIpc) is 3.11. The summed E-state index contributed by atoms with van der Waals surface area (Å²) in [5, 5.41) is 3.78. The fourth-order valence-electron chi connectivity index (χ4n) is 3.26. The zero-order chi connectivity index (χ0) is 18.8. The Morgan fingerprint density at radius 2 is 2.07 bits per heavy atom. The third-order valence-electron chi connectivity index (χ3n) is 4.57. The van der Waals surface area contributed by atoms with Crippen LogP contribution in [0.25, 0.3) is 0 Å². The molecule has 0 saturated heterocycles. The number of benzene rings is 2. The van der Waals surface area contributed by atoms with Gasteiger partial charge in [0.1, 0.15) is 0 Å². The third kappa shape index (κ3) is 3.68. The van der Waals surface area contributed by atoms with Crippen molar-refractivity contribution in [3.05, 3.63) is 65.3 Å². The molecule has 0 spiro atoms. The van der Waals surface area contributed by atoms with E-state index in [1.807, 2.05) is 47.4 Å². The second-order valence-electron chi connectivity index (χ2n) is 6.45. The number of hydrogen-bond acceptors (Lipinski definition) is 6. The number of hydrogen-bond donors (Lipinski definition) is 1. The quantitative estimate of drug-likeness (QED) is 0.547. The van der Waals surface area contributed by atoms with E-state index in [1.165, 1.54) is 0 Å². The van der Waals surface area contributed by atoms with Crippen molar-refractivity contribution in [1.82, 2.24) is 10.1 Å². The predicted octanol–water partition coefficient (Wildman–Crippen LogP) is 3.85. The van der Waals surface area contributed by atoms with E-state index in [0.717, 1.165) is 34.7 Å². The lowest BCUT2D eigenvalue weighted by atomic mass is 9.99. The van der Waals surface area contributed by atoms with Gasteiger partial charge in [0.2, 0.25) is 5.89 Å². The molecule has 0 fully saturated rings. The lowest BCUT2D eigenvalue weighted by Gasteiger charge is -2.30. The number of anilines is 2. The lowest BCUT2D eigenvalue weighted by Crippen LogP contribution is -2.35. The first-order chi connectivity index (χ1) is 13.1. The molecule has 0 aliphatic carbocycles. The van der Waals surface area contributed by atoms with Gasteiger partial charge in [-0.1, -0.05) is 11.2 Å². The molecule has 0 unspecified atom stereocenters. The Labute approximate surface area is 161 Å². The molecule has 1 aliphatic heterocycles. The van der Waals surface area contributed by atoms with E-state index in [1.54, 1.807) is 18.7 Å². The molecule has 1 amide bonds. The summed E-state index contributed by atoms with van der Waals surface area (Å²) in [6.07, 6.45) is 1.83. The fraction of sp³-hybridized carbons (Fsp3) is 0.250. The number of rotatable bonds is 4. The van der Waals surface area contributed by atoms with Gasteiger partial charge >= 0.3 is 0 Å². The number of nitrogens with two attached hydrogens (primary N) is 1. The summed E-state index contributed by atoms with van der Waals surface area (Å²) in [4.78, 5) is 20.1. The van der Waals surface area contributed by atoms with Crippen LogP contribution in [-0.2, 0) is 12.2 Å². The van der Waals surface area contributed by atoms with E-state index in [0.29, 0.717) is 29.6 Å². The molecule has 27 heavy (non-hydrogen) atoms. The summed E-state index contributed by atoms with van der Waals surface area (Å²) in [7, 11) is 0. The van der Waals surface area contributed by atoms with Crippen LogP contribution in [0.15, 0.2) is 51.9 Å². The van der Waals surface area contributed by atoms with Crippen LogP contribution in [0.5, 0.6) is 0 Å². The number of aromatic nitrogens is 2. The molecule has 7 heteroatoms. The smallest absolute Gasteiger partial charge is 0.258 e. The zero-order valence-electron chi connectivity index (χ0n) is 15.0. The van der Waals surface area contributed by atoms with E-state index in [-0.39, 0.29) is 5.91 Å². The highest BCUT2D eigenvalue weighted by atomic mass is 32.2. The normalized spacial score (nSPS) is 13.4. The first kappa shape index (κ1) is 17.6. The van der Waals surface area contributed by atoms with Crippen LogP contribution < -0.4 is 10.6 Å². The maximum atomic E-state index is 13.0. The van der Waals surface area contributed by atoms with Crippen LogP contribution in [0.1, 0.15) is 34.1 Å². The van der Waals surface area contributed by atoms with Crippen LogP contribution in [0.4, 0.5) is 11.4 Å². The maximum Gasteiger partial charge on any atom is 0.258 e. The van der Waals surface area contributed by atoms with Crippen LogP contribution in [-0.4, -0.2) is 22.6 Å². The molecule has 2 heterocycles. The molecule has 2 aromatic carbocycles. The molecular weight excluding hydrogens is 360 g/mol. The monoisotopic (exact) mass is 380 g/mol. The molecule has 138 valence electrons. The Balaban J connectivity index is 1.48. The van der Waals surface area contributed by atoms with Gasteiger partial charge < -0.3 is 15.2 Å². The minimum Gasteiger partial charge on any atom is -0.398 e. The molecule has 0 radical (unpaired) electrons. The second kappa shape index (κ2) is 7.44. The molecular formula is C20H20N4O2S. The van der Waals surface area contributed by atoms with Gasteiger partial charge in [0.15, 0.2) is 5.82 Å². The molecule has 4 rings (SSSR count). The molecule has 6 nitrogen and oxygen atoms in total. The number of aryl methyl sites for hydroxylation is 1. The van der Waals surface area contributed by atoms with Gasteiger partial charge in [0, 0.05) is 28.4 Å². The van der Waals surface area contributed by atoms with Crippen LogP contribution >= 0.6 is 11.8 Å². The summed E-state index contributed by atoms with van der Waals surface area (Å²) in [6.45, 7) is 2.51. The third-order valence-corrected chi connectivity index (χ3v) is 5.56. The van der Waals surface area contributed by atoms with Gasteiger partial charge in [0.05, 0.1) is 5.75 Å². The zero-order valence-corrected chi connectivity index (χ0v) is 15.8. The second-order valence-corrected chi connectivity index (χ2v) is 7.50. The van der Waals surface area contributed by atoms with Crippen LogP contribution in [0.3, 0.4) is 0 Å². The van der Waals surface area contributed by atoms with E-state index >= 15 is 0 Å². The molecule has 0 bridgehead atoms. The van der Waals surface area contributed by atoms with Crippen molar-refractivity contribution in [3.63, 3.8) is 0 Å². The van der Waals surface area contributed by atoms with Crippen molar-refractivity contribution >= 4 is 29.0 Å². The molecule has 1 aromatic heterocycles. The Hall–Kier alpha value is -2.80. The summed E-state index contributed by atoms with van der Waals surface area (Å²) < 4.78 is 5.12. The van der Waals surface area contributed by atoms with Gasteiger partial charge in [-0.3, -0.25) is 4.79 Å². The topological polar surface area (TPSA) is 85.2 Å². The number of nitrogens with zero attached hydrogens (tertiary/aromatic N) is 3. The summed E-state index contributed by atoms with van der Waals surface area (Å²) >= 11 is 1.60. The molecule has 2 N–H and O–H groups in total. The number of nitrogen functional groups attached to an aromatic ring is 1. The van der Waals surface area contributed by atoms with Crippen molar-refractivity contribution in [2.45, 2.75) is 30.4 Å². The number of carbonyl (C=O) groups excluding carboxylic acids is 1.